The number of anilines is 3. The van der Waals surface area contributed by atoms with Crippen molar-refractivity contribution in [2.24, 2.45) is 0 Å². The Morgan fingerprint density at radius 2 is 1.64 bits per heavy atom. The minimum Gasteiger partial charge on any atom is -0.384 e. The third kappa shape index (κ3) is 5.77. The number of hydrogen-bond acceptors (Lipinski definition) is 5. The Bertz CT molecular complexity index is 1220. The Labute approximate surface area is 213 Å². The highest BCUT2D eigenvalue weighted by atomic mass is 16.1. The molecule has 36 heavy (non-hydrogen) atoms. The topological polar surface area (TPSA) is 74.5 Å². The second-order valence-corrected chi connectivity index (χ2v) is 9.85. The number of nitrogens with one attached hydrogen (secondary N) is 1. The van der Waals surface area contributed by atoms with Gasteiger partial charge in [0.15, 0.2) is 0 Å². The number of amides is 1. The lowest BCUT2D eigenvalue weighted by molar-refractivity contribution is -0.113. The van der Waals surface area contributed by atoms with Gasteiger partial charge in [-0.2, -0.15) is 0 Å². The van der Waals surface area contributed by atoms with Gasteiger partial charge in [0.25, 0.3) is 5.91 Å². The number of carbonyl (C=O) groups excluding carboxylic acids is 1. The quantitative estimate of drug-likeness (QED) is 0.502. The van der Waals surface area contributed by atoms with Crippen LogP contribution in [-0.4, -0.2) is 42.0 Å². The molecule has 1 amide bonds. The summed E-state index contributed by atoms with van der Waals surface area (Å²) >= 11 is 0. The van der Waals surface area contributed by atoms with Crippen LogP contribution < -0.4 is 16.0 Å². The summed E-state index contributed by atoms with van der Waals surface area (Å²) in [6, 6.07) is 22.6. The molecule has 0 atom stereocenters. The Balaban J connectivity index is 1.19. The van der Waals surface area contributed by atoms with Gasteiger partial charge in [0, 0.05) is 49.7 Å². The lowest BCUT2D eigenvalue weighted by Crippen LogP contribution is -2.46. The number of allylic oxidation sites excluding steroid dienone is 1. The van der Waals surface area contributed by atoms with E-state index in [1.165, 1.54) is 22.4 Å². The van der Waals surface area contributed by atoms with Gasteiger partial charge in [0.1, 0.15) is 5.82 Å². The number of benzene rings is 2. The average molecular weight is 482 g/mol. The van der Waals surface area contributed by atoms with E-state index in [0.717, 1.165) is 75.4 Å². The van der Waals surface area contributed by atoms with Crippen molar-refractivity contribution >= 4 is 28.7 Å². The smallest absolute Gasteiger partial charge is 0.251 e. The minimum atomic E-state index is 0.0294. The van der Waals surface area contributed by atoms with E-state index in [1.807, 2.05) is 30.3 Å². The summed E-state index contributed by atoms with van der Waals surface area (Å²) in [6.07, 6.45) is 4.00. The van der Waals surface area contributed by atoms with E-state index in [2.05, 4.69) is 63.4 Å². The molecule has 1 saturated heterocycles. The molecule has 1 aliphatic carbocycles. The molecule has 2 aliphatic rings. The summed E-state index contributed by atoms with van der Waals surface area (Å²) in [5.74, 6) is 0.603. The molecule has 0 bridgehead atoms. The first-order chi connectivity index (χ1) is 17.5. The van der Waals surface area contributed by atoms with Crippen LogP contribution in [0, 0.1) is 6.92 Å². The molecule has 0 spiro atoms. The van der Waals surface area contributed by atoms with Gasteiger partial charge in [-0.15, -0.1) is 0 Å². The molecule has 3 aromatic rings. The van der Waals surface area contributed by atoms with E-state index in [0.29, 0.717) is 5.82 Å². The maximum absolute atomic E-state index is 13.2. The summed E-state index contributed by atoms with van der Waals surface area (Å²) in [4.78, 5) is 22.4. The zero-order valence-electron chi connectivity index (χ0n) is 21.0. The van der Waals surface area contributed by atoms with Crippen molar-refractivity contribution < 1.29 is 4.79 Å². The van der Waals surface area contributed by atoms with Gasteiger partial charge < -0.3 is 16.0 Å². The lowest BCUT2D eigenvalue weighted by atomic mass is 9.86. The van der Waals surface area contributed by atoms with Gasteiger partial charge in [-0.3, -0.25) is 9.69 Å². The molecule has 0 radical (unpaired) electrons. The molecular weight excluding hydrogens is 446 g/mol. The van der Waals surface area contributed by atoms with Crippen molar-refractivity contribution in [1.29, 1.82) is 0 Å². The normalized spacial score (nSPS) is 16.8. The van der Waals surface area contributed by atoms with Crippen molar-refractivity contribution in [1.82, 2.24) is 9.88 Å². The van der Waals surface area contributed by atoms with Crippen LogP contribution in [0.5, 0.6) is 0 Å². The van der Waals surface area contributed by atoms with Crippen LogP contribution in [0.2, 0.25) is 0 Å². The van der Waals surface area contributed by atoms with E-state index < -0.39 is 0 Å². The van der Waals surface area contributed by atoms with E-state index in [9.17, 15) is 4.79 Å². The van der Waals surface area contributed by atoms with Crippen LogP contribution in [0.3, 0.4) is 0 Å². The van der Waals surface area contributed by atoms with Crippen molar-refractivity contribution in [3.05, 3.63) is 89.1 Å². The monoisotopic (exact) mass is 481 g/mol. The van der Waals surface area contributed by atoms with Gasteiger partial charge in [-0.25, -0.2) is 4.98 Å². The van der Waals surface area contributed by atoms with Crippen LogP contribution >= 0.6 is 0 Å². The van der Waals surface area contributed by atoms with Crippen molar-refractivity contribution in [2.75, 3.05) is 42.1 Å². The fraction of sp³-hybridized carbons (Fsp3) is 0.333. The molecule has 3 N–H and O–H groups in total. The highest BCUT2D eigenvalue weighted by Gasteiger charge is 2.21. The molecule has 1 aromatic heterocycles. The number of aromatic nitrogens is 1. The van der Waals surface area contributed by atoms with E-state index in [4.69, 9.17) is 5.73 Å². The van der Waals surface area contributed by atoms with Gasteiger partial charge in [0.2, 0.25) is 0 Å². The number of aryl methyl sites for hydroxylation is 1. The Morgan fingerprint density at radius 1 is 0.917 bits per heavy atom. The molecule has 5 rings (SSSR count). The third-order valence-electron chi connectivity index (χ3n) is 7.22. The fourth-order valence-corrected chi connectivity index (χ4v) is 5.17. The summed E-state index contributed by atoms with van der Waals surface area (Å²) < 4.78 is 0. The van der Waals surface area contributed by atoms with Crippen molar-refractivity contribution in [3.8, 4) is 0 Å². The second kappa shape index (κ2) is 11.0. The average Bonchev–Trinajstić information content (AvgIpc) is 2.90. The van der Waals surface area contributed by atoms with Crippen LogP contribution in [-0.2, 0) is 11.3 Å². The molecule has 2 heterocycles. The molecule has 1 fully saturated rings. The first kappa shape index (κ1) is 24.1. The summed E-state index contributed by atoms with van der Waals surface area (Å²) in [5, 5.41) is 3.15. The van der Waals surface area contributed by atoms with Crippen LogP contribution in [0.4, 0.5) is 17.2 Å². The number of hydrogen-bond donors (Lipinski definition) is 2. The lowest BCUT2D eigenvalue weighted by Gasteiger charge is -2.36. The van der Waals surface area contributed by atoms with Gasteiger partial charge in [-0.1, -0.05) is 35.9 Å². The number of pyridine rings is 1. The first-order valence-corrected chi connectivity index (χ1v) is 12.9. The molecular formula is C30H35N5O. The highest BCUT2D eigenvalue weighted by Crippen LogP contribution is 2.33. The summed E-state index contributed by atoms with van der Waals surface area (Å²) in [5.41, 5.74) is 13.4. The predicted octanol–water partition coefficient (Wildman–Crippen LogP) is 5.26. The molecule has 186 valence electrons. The Hall–Kier alpha value is -3.64. The SMILES string of the molecule is Cc1ccc(C2=C(C(=O)Nc3ccc(N4CCN(Cc5cccc(N)n5)CC4)cc3)CCCC2)cc1. The second-order valence-electron chi connectivity index (χ2n) is 9.85. The van der Waals surface area contributed by atoms with Crippen molar-refractivity contribution in [3.63, 3.8) is 0 Å². The zero-order chi connectivity index (χ0) is 24.9. The van der Waals surface area contributed by atoms with E-state index >= 15 is 0 Å². The van der Waals surface area contributed by atoms with E-state index in [1.54, 1.807) is 0 Å². The van der Waals surface area contributed by atoms with Gasteiger partial charge in [0.05, 0.1) is 5.69 Å². The largest absolute Gasteiger partial charge is 0.384 e. The van der Waals surface area contributed by atoms with Crippen LogP contribution in [0.15, 0.2) is 72.3 Å². The van der Waals surface area contributed by atoms with Gasteiger partial charge in [-0.05, 0) is 80.1 Å². The number of nitrogens with zero attached hydrogens (tertiary/aromatic N) is 3. The molecule has 0 unspecified atom stereocenters. The fourth-order valence-electron chi connectivity index (χ4n) is 5.17. The van der Waals surface area contributed by atoms with Crippen LogP contribution in [0.1, 0.15) is 42.5 Å². The first-order valence-electron chi connectivity index (χ1n) is 12.9. The highest BCUT2D eigenvalue weighted by molar-refractivity contribution is 6.09. The van der Waals surface area contributed by atoms with Crippen molar-refractivity contribution in [2.45, 2.75) is 39.2 Å². The number of nitrogen functional groups attached to an aromatic ring is 1. The molecule has 1 aliphatic heterocycles. The number of nitrogens with two attached hydrogens (primary N) is 1. The Morgan fingerprint density at radius 3 is 2.36 bits per heavy atom. The maximum atomic E-state index is 13.2. The summed E-state index contributed by atoms with van der Waals surface area (Å²) in [6.45, 7) is 6.79. The molecule has 6 heteroatoms. The number of piperazine rings is 1. The van der Waals surface area contributed by atoms with Gasteiger partial charge >= 0.3 is 0 Å². The summed E-state index contributed by atoms with van der Waals surface area (Å²) in [7, 11) is 0. The number of carbonyl (C=O) groups is 1. The zero-order valence-corrected chi connectivity index (χ0v) is 21.0. The molecule has 6 nitrogen and oxygen atoms in total. The number of rotatable bonds is 6. The molecule has 2 aromatic carbocycles. The standard InChI is InChI=1S/C30H35N5O/c1-22-9-11-23(12-10-22)27-6-2-3-7-28(27)30(36)33-24-13-15-26(16-14-24)35-19-17-34(18-20-35)21-25-5-4-8-29(31)32-25/h4-5,8-16H,2-3,6-7,17-21H2,1H3,(H2,31,32)(H,33,36). The third-order valence-corrected chi connectivity index (χ3v) is 7.22. The van der Waals surface area contributed by atoms with E-state index in [-0.39, 0.29) is 5.91 Å². The minimum absolute atomic E-state index is 0.0294. The maximum Gasteiger partial charge on any atom is 0.251 e. The predicted molar refractivity (Wildman–Crippen MR) is 148 cm³/mol. The van der Waals surface area contributed by atoms with Crippen LogP contribution in [0.25, 0.3) is 5.57 Å². The molecule has 0 saturated carbocycles. The Kier molecular flexibility index (Phi) is 7.33.